The minimum absolute atomic E-state index is 0.0115. The Hall–Kier alpha value is -2.46. The summed E-state index contributed by atoms with van der Waals surface area (Å²) in [4.78, 5) is 21.3. The summed E-state index contributed by atoms with van der Waals surface area (Å²) in [5, 5.41) is 12.7. The van der Waals surface area contributed by atoms with Gasteiger partial charge in [0.05, 0.1) is 16.7 Å². The number of nitro groups is 1. The summed E-state index contributed by atoms with van der Waals surface area (Å²) in [7, 11) is 0. The molecule has 0 fully saturated rings. The molecule has 1 aromatic rings. The van der Waals surface area contributed by atoms with Gasteiger partial charge in [0.15, 0.2) is 0 Å². The largest absolute Gasteiger partial charge is 0.322 e. The maximum Gasteiger partial charge on any atom is 0.271 e. The molecule has 0 spiro atoms. The van der Waals surface area contributed by atoms with Gasteiger partial charge in [-0.25, -0.2) is 4.39 Å². The van der Waals surface area contributed by atoms with Crippen molar-refractivity contribution in [3.05, 3.63) is 34.1 Å². The van der Waals surface area contributed by atoms with Gasteiger partial charge in [-0.15, -0.1) is 12.3 Å². The predicted octanol–water partition coefficient (Wildman–Crippen LogP) is 1.02. The molecule has 0 aliphatic rings. The van der Waals surface area contributed by atoms with Crippen LogP contribution in [0, 0.1) is 28.3 Å². The summed E-state index contributed by atoms with van der Waals surface area (Å²) in [6.07, 6.45) is 4.97. The fourth-order valence-electron chi connectivity index (χ4n) is 1.17. The number of rotatable bonds is 4. The molecule has 94 valence electrons. The Bertz CT molecular complexity index is 525. The quantitative estimate of drug-likeness (QED) is 0.474. The zero-order valence-corrected chi connectivity index (χ0v) is 9.22. The van der Waals surface area contributed by atoms with E-state index >= 15 is 0 Å². The Morgan fingerprint density at radius 1 is 1.67 bits per heavy atom. The number of nitrogens with zero attached hydrogens (tertiary/aromatic N) is 1. The molecule has 18 heavy (non-hydrogen) atoms. The molecule has 0 saturated carbocycles. The van der Waals surface area contributed by atoms with Gasteiger partial charge in [0.1, 0.15) is 5.82 Å². The molecular weight excluding hydrogens is 241 g/mol. The van der Waals surface area contributed by atoms with Gasteiger partial charge in [-0.2, -0.15) is 0 Å². The fourth-order valence-corrected chi connectivity index (χ4v) is 1.17. The van der Waals surface area contributed by atoms with E-state index in [9.17, 15) is 19.3 Å². The molecule has 1 unspecified atom stereocenters. The van der Waals surface area contributed by atoms with Crippen LogP contribution in [0.5, 0.6) is 0 Å². The number of nitrogens with two attached hydrogens (primary N) is 1. The average molecular weight is 251 g/mol. The molecule has 1 atom stereocenters. The number of nitrogens with one attached hydrogen (secondary N) is 1. The van der Waals surface area contributed by atoms with Crippen LogP contribution in [0.2, 0.25) is 0 Å². The van der Waals surface area contributed by atoms with E-state index in [4.69, 9.17) is 12.2 Å². The van der Waals surface area contributed by atoms with Crippen molar-refractivity contribution in [3.8, 4) is 12.3 Å². The standard InChI is InChI=1S/C11H10FN3O3/c1-2-3-9(13)11(16)14-10-6-7(15(17)18)4-5-8(10)12/h1,4-6,9H,3,13H2,(H,14,16). The van der Waals surface area contributed by atoms with Gasteiger partial charge >= 0.3 is 0 Å². The van der Waals surface area contributed by atoms with E-state index in [0.717, 1.165) is 18.2 Å². The van der Waals surface area contributed by atoms with Crippen LogP contribution in [-0.4, -0.2) is 16.9 Å². The number of amides is 1. The normalized spacial score (nSPS) is 11.4. The van der Waals surface area contributed by atoms with Crippen molar-refractivity contribution in [2.75, 3.05) is 5.32 Å². The molecule has 3 N–H and O–H groups in total. The van der Waals surface area contributed by atoms with Crippen LogP contribution < -0.4 is 11.1 Å². The van der Waals surface area contributed by atoms with E-state index in [2.05, 4.69) is 11.2 Å². The van der Waals surface area contributed by atoms with Crippen molar-refractivity contribution in [3.63, 3.8) is 0 Å². The van der Waals surface area contributed by atoms with Crippen LogP contribution in [0.1, 0.15) is 6.42 Å². The second-order valence-electron chi connectivity index (χ2n) is 3.43. The molecular formula is C11H10FN3O3. The highest BCUT2D eigenvalue weighted by molar-refractivity contribution is 5.95. The molecule has 1 aromatic carbocycles. The van der Waals surface area contributed by atoms with E-state index in [-0.39, 0.29) is 17.8 Å². The smallest absolute Gasteiger partial charge is 0.271 e. The van der Waals surface area contributed by atoms with Crippen LogP contribution in [0.15, 0.2) is 18.2 Å². The number of halogens is 1. The average Bonchev–Trinajstić information content (AvgIpc) is 2.31. The maximum atomic E-state index is 13.3. The first-order valence-electron chi connectivity index (χ1n) is 4.89. The second kappa shape index (κ2) is 5.75. The van der Waals surface area contributed by atoms with Gasteiger partial charge in [-0.3, -0.25) is 14.9 Å². The van der Waals surface area contributed by atoms with E-state index in [1.54, 1.807) is 0 Å². The summed E-state index contributed by atoms with van der Waals surface area (Å²) in [5.41, 5.74) is 4.77. The van der Waals surface area contributed by atoms with Gasteiger partial charge in [0, 0.05) is 18.6 Å². The Morgan fingerprint density at radius 3 is 2.89 bits per heavy atom. The molecule has 0 aromatic heterocycles. The molecule has 1 rings (SSSR count). The van der Waals surface area contributed by atoms with E-state index in [1.165, 1.54) is 0 Å². The van der Waals surface area contributed by atoms with Gasteiger partial charge in [0.2, 0.25) is 5.91 Å². The highest BCUT2D eigenvalue weighted by atomic mass is 19.1. The fraction of sp³-hybridized carbons (Fsp3) is 0.182. The highest BCUT2D eigenvalue weighted by Gasteiger charge is 2.16. The van der Waals surface area contributed by atoms with Crippen molar-refractivity contribution in [1.82, 2.24) is 0 Å². The summed E-state index contributed by atoms with van der Waals surface area (Å²) in [6.45, 7) is 0. The zero-order valence-electron chi connectivity index (χ0n) is 9.22. The minimum atomic E-state index is -0.992. The lowest BCUT2D eigenvalue weighted by molar-refractivity contribution is -0.384. The Balaban J connectivity index is 2.90. The molecule has 0 aliphatic carbocycles. The lowest BCUT2D eigenvalue weighted by atomic mass is 10.2. The Kier molecular flexibility index (Phi) is 4.34. The summed E-state index contributed by atoms with van der Waals surface area (Å²) < 4.78 is 13.3. The minimum Gasteiger partial charge on any atom is -0.322 e. The van der Waals surface area contributed by atoms with Gasteiger partial charge in [0.25, 0.3) is 5.69 Å². The molecule has 1 amide bonds. The lowest BCUT2D eigenvalue weighted by Crippen LogP contribution is -2.35. The van der Waals surface area contributed by atoms with E-state index < -0.39 is 22.7 Å². The zero-order chi connectivity index (χ0) is 13.7. The third-order valence-electron chi connectivity index (χ3n) is 2.09. The first kappa shape index (κ1) is 13.6. The number of anilines is 1. The summed E-state index contributed by atoms with van der Waals surface area (Å²) in [6, 6.07) is 1.80. The van der Waals surface area contributed by atoms with Crippen molar-refractivity contribution in [2.24, 2.45) is 5.73 Å². The molecule has 6 nitrogen and oxygen atoms in total. The molecule has 0 aliphatic heterocycles. The number of terminal acetylenes is 1. The van der Waals surface area contributed by atoms with Crippen molar-refractivity contribution in [2.45, 2.75) is 12.5 Å². The number of carbonyl (C=O) groups is 1. The van der Waals surface area contributed by atoms with Crippen molar-refractivity contribution in [1.29, 1.82) is 0 Å². The summed E-state index contributed by atoms with van der Waals surface area (Å²) >= 11 is 0. The SMILES string of the molecule is C#CCC(N)C(=O)Nc1cc([N+](=O)[O-])ccc1F. The number of carbonyl (C=O) groups excluding carboxylic acids is 1. The first-order valence-corrected chi connectivity index (χ1v) is 4.89. The lowest BCUT2D eigenvalue weighted by Gasteiger charge is -2.10. The predicted molar refractivity (Wildman–Crippen MR) is 63.1 cm³/mol. The van der Waals surface area contributed by atoms with Crippen molar-refractivity contribution >= 4 is 17.3 Å². The number of hydrogen-bond donors (Lipinski definition) is 2. The van der Waals surface area contributed by atoms with E-state index in [0.29, 0.717) is 0 Å². The molecule has 7 heteroatoms. The van der Waals surface area contributed by atoms with Crippen LogP contribution in [-0.2, 0) is 4.79 Å². The van der Waals surface area contributed by atoms with Gasteiger partial charge in [-0.1, -0.05) is 0 Å². The summed E-state index contributed by atoms with van der Waals surface area (Å²) in [5.74, 6) is 0.699. The van der Waals surface area contributed by atoms with Gasteiger partial charge in [-0.05, 0) is 6.07 Å². The molecule has 0 radical (unpaired) electrons. The number of non-ortho nitro benzene ring substituents is 1. The highest BCUT2D eigenvalue weighted by Crippen LogP contribution is 2.21. The Labute approximate surface area is 102 Å². The molecule has 0 bridgehead atoms. The molecule has 0 saturated heterocycles. The number of hydrogen-bond acceptors (Lipinski definition) is 4. The monoisotopic (exact) mass is 251 g/mol. The van der Waals surface area contributed by atoms with E-state index in [1.807, 2.05) is 0 Å². The van der Waals surface area contributed by atoms with Gasteiger partial charge < -0.3 is 11.1 Å². The van der Waals surface area contributed by atoms with Crippen LogP contribution >= 0.6 is 0 Å². The topological polar surface area (TPSA) is 98.3 Å². The van der Waals surface area contributed by atoms with Crippen LogP contribution in [0.25, 0.3) is 0 Å². The van der Waals surface area contributed by atoms with Crippen molar-refractivity contribution < 1.29 is 14.1 Å². The molecule has 0 heterocycles. The maximum absolute atomic E-state index is 13.3. The number of nitro benzene ring substituents is 1. The Morgan fingerprint density at radius 2 is 2.33 bits per heavy atom. The number of benzene rings is 1. The third kappa shape index (κ3) is 3.26. The first-order chi connectivity index (χ1) is 8.45. The third-order valence-corrected chi connectivity index (χ3v) is 2.09. The second-order valence-corrected chi connectivity index (χ2v) is 3.43. The van der Waals surface area contributed by atoms with Crippen LogP contribution in [0.3, 0.4) is 0 Å². The van der Waals surface area contributed by atoms with Crippen LogP contribution in [0.4, 0.5) is 15.8 Å².